The Morgan fingerprint density at radius 3 is 2.77 bits per heavy atom. The van der Waals surface area contributed by atoms with Crippen molar-refractivity contribution < 1.29 is 13.2 Å². The molecule has 0 unspecified atom stereocenters. The summed E-state index contributed by atoms with van der Waals surface area (Å²) in [5.41, 5.74) is 1.80. The highest BCUT2D eigenvalue weighted by Crippen LogP contribution is 2.42. The molecule has 2 aliphatic rings. The SMILES string of the molecule is O=C(Nc1nnc(C2CC2)s1)c1ccc(Cl)c(S(=O)(=O)N2CCc3ccccc32)c1. The number of carbonyl (C=O) groups excluding carboxylic acids is 1. The molecule has 2 heterocycles. The van der Waals surface area contributed by atoms with Gasteiger partial charge in [-0.05, 0) is 49.1 Å². The zero-order valence-corrected chi connectivity index (χ0v) is 18.1. The van der Waals surface area contributed by atoms with Crippen molar-refractivity contribution in [2.45, 2.75) is 30.1 Å². The molecule has 0 radical (unpaired) electrons. The first-order valence-corrected chi connectivity index (χ1v) is 12.1. The fourth-order valence-electron chi connectivity index (χ4n) is 3.47. The largest absolute Gasteiger partial charge is 0.296 e. The van der Waals surface area contributed by atoms with E-state index in [4.69, 9.17) is 11.6 Å². The minimum atomic E-state index is -3.91. The first-order valence-electron chi connectivity index (χ1n) is 9.48. The van der Waals surface area contributed by atoms with Gasteiger partial charge in [0, 0.05) is 18.0 Å². The number of hydrogen-bond donors (Lipinski definition) is 1. The standard InChI is InChI=1S/C20H17ClN4O3S2/c21-15-8-7-14(18(26)22-20-24-23-19(29-20)13-5-6-13)11-17(15)30(27,28)25-10-9-12-3-1-2-4-16(12)25/h1-4,7-8,11,13H,5-6,9-10H2,(H,22,24,26). The lowest BCUT2D eigenvalue weighted by atomic mass is 10.2. The molecule has 1 aromatic heterocycles. The fraction of sp³-hybridized carbons (Fsp3) is 0.250. The lowest BCUT2D eigenvalue weighted by molar-refractivity contribution is 0.102. The highest BCUT2D eigenvalue weighted by molar-refractivity contribution is 7.93. The number of nitrogens with one attached hydrogen (secondary N) is 1. The topological polar surface area (TPSA) is 92.3 Å². The van der Waals surface area contributed by atoms with Crippen molar-refractivity contribution >= 4 is 49.7 Å². The van der Waals surface area contributed by atoms with Gasteiger partial charge in [-0.15, -0.1) is 10.2 Å². The van der Waals surface area contributed by atoms with Gasteiger partial charge in [-0.25, -0.2) is 8.42 Å². The molecule has 1 amide bonds. The van der Waals surface area contributed by atoms with Gasteiger partial charge in [-0.3, -0.25) is 14.4 Å². The molecule has 1 N–H and O–H groups in total. The number of anilines is 2. The summed E-state index contributed by atoms with van der Waals surface area (Å²) in [6, 6.07) is 11.6. The van der Waals surface area contributed by atoms with E-state index in [0.29, 0.717) is 29.7 Å². The Balaban J connectivity index is 1.43. The number of rotatable bonds is 5. The second kappa shape index (κ2) is 7.33. The fourth-order valence-corrected chi connectivity index (χ4v) is 6.38. The molecule has 2 aromatic carbocycles. The molecule has 1 aliphatic carbocycles. The normalized spacial score (nSPS) is 15.8. The zero-order chi connectivity index (χ0) is 20.9. The smallest absolute Gasteiger partial charge is 0.265 e. The molecule has 3 aromatic rings. The monoisotopic (exact) mass is 460 g/mol. The quantitative estimate of drug-likeness (QED) is 0.619. The van der Waals surface area contributed by atoms with Crippen LogP contribution < -0.4 is 9.62 Å². The van der Waals surface area contributed by atoms with Gasteiger partial charge in [0.25, 0.3) is 15.9 Å². The van der Waals surface area contributed by atoms with E-state index in [0.717, 1.165) is 23.4 Å². The summed E-state index contributed by atoms with van der Waals surface area (Å²) in [7, 11) is -3.91. The van der Waals surface area contributed by atoms with Crippen LogP contribution in [0, 0.1) is 0 Å². The van der Waals surface area contributed by atoms with Crippen LogP contribution in [0.15, 0.2) is 47.4 Å². The van der Waals surface area contributed by atoms with Gasteiger partial charge in [-0.2, -0.15) is 0 Å². The molecule has 30 heavy (non-hydrogen) atoms. The number of fused-ring (bicyclic) bond motifs is 1. The van der Waals surface area contributed by atoms with E-state index in [-0.39, 0.29) is 15.5 Å². The Labute approximate surface area is 182 Å². The number of nitrogens with zero attached hydrogens (tertiary/aromatic N) is 3. The molecule has 0 atom stereocenters. The Morgan fingerprint density at radius 1 is 1.17 bits per heavy atom. The second-order valence-corrected chi connectivity index (χ2v) is 10.5. The lowest BCUT2D eigenvalue weighted by Gasteiger charge is -2.20. The molecule has 154 valence electrons. The first-order chi connectivity index (χ1) is 14.4. The van der Waals surface area contributed by atoms with E-state index in [2.05, 4.69) is 15.5 Å². The van der Waals surface area contributed by atoms with Crippen LogP contribution in [-0.2, 0) is 16.4 Å². The number of carbonyl (C=O) groups is 1. The number of benzene rings is 2. The maximum absolute atomic E-state index is 13.3. The average molecular weight is 461 g/mol. The molecular formula is C20H17ClN4O3S2. The van der Waals surface area contributed by atoms with Crippen molar-refractivity contribution in [2.75, 3.05) is 16.2 Å². The summed E-state index contributed by atoms with van der Waals surface area (Å²) in [5.74, 6) is -0.00722. The first kappa shape index (κ1) is 19.5. The predicted molar refractivity (Wildman–Crippen MR) is 116 cm³/mol. The summed E-state index contributed by atoms with van der Waals surface area (Å²) in [4.78, 5) is 12.6. The lowest BCUT2D eigenvalue weighted by Crippen LogP contribution is -2.29. The van der Waals surface area contributed by atoms with Gasteiger partial charge >= 0.3 is 0 Å². The van der Waals surface area contributed by atoms with E-state index >= 15 is 0 Å². The second-order valence-electron chi connectivity index (χ2n) is 7.27. The van der Waals surface area contributed by atoms with Crippen molar-refractivity contribution in [3.8, 4) is 0 Å². The van der Waals surface area contributed by atoms with Crippen molar-refractivity contribution in [2.24, 2.45) is 0 Å². The van der Waals surface area contributed by atoms with Gasteiger partial charge in [0.2, 0.25) is 5.13 Å². The summed E-state index contributed by atoms with van der Waals surface area (Å²) >= 11 is 7.58. The Kier molecular flexibility index (Phi) is 4.76. The minimum absolute atomic E-state index is 0.0721. The number of amides is 1. The van der Waals surface area contributed by atoms with Gasteiger partial charge < -0.3 is 0 Å². The maximum Gasteiger partial charge on any atom is 0.265 e. The molecule has 0 bridgehead atoms. The van der Waals surface area contributed by atoms with Crippen molar-refractivity contribution in [1.29, 1.82) is 0 Å². The summed E-state index contributed by atoms with van der Waals surface area (Å²) < 4.78 is 28.0. The van der Waals surface area contributed by atoms with Gasteiger partial charge in [-0.1, -0.05) is 41.1 Å². The van der Waals surface area contributed by atoms with Crippen LogP contribution in [0.4, 0.5) is 10.8 Å². The number of para-hydroxylation sites is 1. The minimum Gasteiger partial charge on any atom is -0.296 e. The van der Waals surface area contributed by atoms with Crippen LogP contribution >= 0.6 is 22.9 Å². The Morgan fingerprint density at radius 2 is 1.97 bits per heavy atom. The van der Waals surface area contributed by atoms with E-state index < -0.39 is 15.9 Å². The van der Waals surface area contributed by atoms with Gasteiger partial charge in [0.15, 0.2) is 0 Å². The van der Waals surface area contributed by atoms with Crippen molar-refractivity contribution in [3.63, 3.8) is 0 Å². The summed E-state index contributed by atoms with van der Waals surface area (Å²) in [5, 5.41) is 12.2. The van der Waals surface area contributed by atoms with Crippen LogP contribution in [0.2, 0.25) is 5.02 Å². The summed E-state index contributed by atoms with van der Waals surface area (Å²) in [6.45, 7) is 0.336. The molecule has 0 spiro atoms. The zero-order valence-electron chi connectivity index (χ0n) is 15.7. The van der Waals surface area contributed by atoms with E-state index in [1.54, 1.807) is 12.1 Å². The molecule has 1 aliphatic heterocycles. The Hall–Kier alpha value is -2.49. The number of aromatic nitrogens is 2. The highest BCUT2D eigenvalue weighted by Gasteiger charge is 2.33. The molecule has 0 saturated heterocycles. The van der Waals surface area contributed by atoms with E-state index in [1.165, 1.54) is 33.8 Å². The molecular weight excluding hydrogens is 444 g/mol. The van der Waals surface area contributed by atoms with Gasteiger partial charge in [0.05, 0.1) is 10.7 Å². The molecule has 1 fully saturated rings. The van der Waals surface area contributed by atoms with Crippen LogP contribution in [0.25, 0.3) is 0 Å². The average Bonchev–Trinajstić information content (AvgIpc) is 3.31. The van der Waals surface area contributed by atoms with Crippen LogP contribution in [0.1, 0.15) is 39.7 Å². The molecule has 7 nitrogen and oxygen atoms in total. The number of sulfonamides is 1. The number of hydrogen-bond acceptors (Lipinski definition) is 6. The van der Waals surface area contributed by atoms with Crippen molar-refractivity contribution in [3.05, 3.63) is 63.6 Å². The highest BCUT2D eigenvalue weighted by atomic mass is 35.5. The summed E-state index contributed by atoms with van der Waals surface area (Å²) in [6.07, 6.45) is 2.83. The predicted octanol–water partition coefficient (Wildman–Crippen LogP) is 4.07. The molecule has 10 heteroatoms. The third kappa shape index (κ3) is 3.46. The molecule has 1 saturated carbocycles. The third-order valence-electron chi connectivity index (χ3n) is 5.19. The van der Waals surface area contributed by atoms with Crippen molar-refractivity contribution in [1.82, 2.24) is 10.2 Å². The van der Waals surface area contributed by atoms with E-state index in [1.807, 2.05) is 12.1 Å². The van der Waals surface area contributed by atoms with Gasteiger partial charge in [0.1, 0.15) is 9.90 Å². The maximum atomic E-state index is 13.3. The van der Waals surface area contributed by atoms with Crippen LogP contribution in [0.5, 0.6) is 0 Å². The number of halogens is 1. The van der Waals surface area contributed by atoms with E-state index in [9.17, 15) is 13.2 Å². The Bertz CT molecular complexity index is 1250. The van der Waals surface area contributed by atoms with Crippen LogP contribution in [-0.4, -0.2) is 31.1 Å². The molecule has 5 rings (SSSR count). The third-order valence-corrected chi connectivity index (χ3v) is 8.49. The van der Waals surface area contributed by atoms with Crippen LogP contribution in [0.3, 0.4) is 0 Å².